The second-order valence-corrected chi connectivity index (χ2v) is 5.75. The minimum Gasteiger partial charge on any atom is -0.484 e. The van der Waals surface area contributed by atoms with E-state index in [1.807, 2.05) is 31.2 Å². The van der Waals surface area contributed by atoms with Gasteiger partial charge in [0.2, 0.25) is 0 Å². The number of nitrogens with zero attached hydrogens (tertiary/aromatic N) is 1. The van der Waals surface area contributed by atoms with Crippen LogP contribution in [0.4, 0.5) is 5.69 Å². The molecule has 1 heterocycles. The van der Waals surface area contributed by atoms with E-state index < -0.39 is 5.97 Å². The van der Waals surface area contributed by atoms with Gasteiger partial charge in [-0.25, -0.2) is 4.79 Å². The van der Waals surface area contributed by atoms with E-state index >= 15 is 0 Å². The number of ether oxygens (including phenoxy) is 2. The molecule has 2 aromatic carbocycles. The van der Waals surface area contributed by atoms with Crippen LogP contribution < -0.4 is 9.64 Å². The monoisotopic (exact) mass is 325 g/mol. The van der Waals surface area contributed by atoms with Crippen LogP contribution in [-0.2, 0) is 16.0 Å². The molecule has 0 aromatic heterocycles. The van der Waals surface area contributed by atoms with Crippen LogP contribution in [0.25, 0.3) is 0 Å². The van der Waals surface area contributed by atoms with Crippen LogP contribution in [0.15, 0.2) is 48.5 Å². The number of hydrogen-bond donors (Lipinski definition) is 0. The number of hydrogen-bond acceptors (Lipinski definition) is 4. The lowest BCUT2D eigenvalue weighted by molar-refractivity contribution is -0.120. The third-order valence-corrected chi connectivity index (χ3v) is 4.11. The fourth-order valence-corrected chi connectivity index (χ4v) is 2.97. The summed E-state index contributed by atoms with van der Waals surface area (Å²) in [5.74, 6) is 0.0563. The molecule has 0 N–H and O–H groups in total. The van der Waals surface area contributed by atoms with Crippen LogP contribution in [0, 0.1) is 0 Å². The normalized spacial score (nSPS) is 15.8. The molecule has 0 unspecified atom stereocenters. The number of methoxy groups -OCH3 is 1. The zero-order chi connectivity index (χ0) is 17.1. The molecule has 5 heteroatoms. The van der Waals surface area contributed by atoms with Gasteiger partial charge in [-0.05, 0) is 49.2 Å². The van der Waals surface area contributed by atoms with Gasteiger partial charge in [0.25, 0.3) is 5.91 Å². The maximum atomic E-state index is 12.5. The molecule has 0 spiro atoms. The number of esters is 1. The van der Waals surface area contributed by atoms with E-state index in [1.165, 1.54) is 12.7 Å². The molecule has 2 aromatic rings. The maximum absolute atomic E-state index is 12.5. The van der Waals surface area contributed by atoms with Crippen molar-refractivity contribution in [2.24, 2.45) is 0 Å². The highest BCUT2D eigenvalue weighted by Crippen LogP contribution is 2.31. The van der Waals surface area contributed by atoms with Crippen LogP contribution >= 0.6 is 0 Å². The third kappa shape index (κ3) is 3.11. The second-order valence-electron chi connectivity index (χ2n) is 5.75. The van der Waals surface area contributed by atoms with Gasteiger partial charge in [0.15, 0.2) is 6.61 Å². The third-order valence-electron chi connectivity index (χ3n) is 4.11. The van der Waals surface area contributed by atoms with Crippen molar-refractivity contribution in [3.8, 4) is 5.75 Å². The molecule has 5 nitrogen and oxygen atoms in total. The van der Waals surface area contributed by atoms with E-state index in [0.717, 1.165) is 12.1 Å². The first kappa shape index (κ1) is 16.1. The highest BCUT2D eigenvalue weighted by molar-refractivity contribution is 5.97. The predicted octanol–water partition coefficient (Wildman–Crippen LogP) is 2.83. The first-order valence-corrected chi connectivity index (χ1v) is 7.81. The molecule has 24 heavy (non-hydrogen) atoms. The van der Waals surface area contributed by atoms with E-state index in [2.05, 4.69) is 4.74 Å². The lowest BCUT2D eigenvalue weighted by Gasteiger charge is -2.22. The Kier molecular flexibility index (Phi) is 4.51. The van der Waals surface area contributed by atoms with Gasteiger partial charge in [-0.15, -0.1) is 0 Å². The van der Waals surface area contributed by atoms with Gasteiger partial charge in [-0.2, -0.15) is 0 Å². The van der Waals surface area contributed by atoms with Gasteiger partial charge in [-0.3, -0.25) is 4.79 Å². The first-order valence-electron chi connectivity index (χ1n) is 7.81. The molecule has 0 saturated heterocycles. The van der Waals surface area contributed by atoms with Crippen LogP contribution in [-0.4, -0.2) is 31.6 Å². The lowest BCUT2D eigenvalue weighted by atomic mass is 10.1. The average molecular weight is 325 g/mol. The summed E-state index contributed by atoms with van der Waals surface area (Å²) in [6.07, 6.45) is 0.857. The summed E-state index contributed by atoms with van der Waals surface area (Å²) in [6.45, 7) is 1.99. The molecule has 1 aliphatic heterocycles. The number of carbonyl (C=O) groups excluding carboxylic acids is 2. The molecule has 0 saturated carbocycles. The summed E-state index contributed by atoms with van der Waals surface area (Å²) in [7, 11) is 1.33. The van der Waals surface area contributed by atoms with Crippen molar-refractivity contribution in [2.45, 2.75) is 19.4 Å². The fourth-order valence-electron chi connectivity index (χ4n) is 2.97. The molecule has 1 aliphatic rings. The van der Waals surface area contributed by atoms with E-state index in [1.54, 1.807) is 29.2 Å². The second kappa shape index (κ2) is 6.74. The van der Waals surface area contributed by atoms with Crippen LogP contribution in [0.1, 0.15) is 22.8 Å². The quantitative estimate of drug-likeness (QED) is 0.811. The van der Waals surface area contributed by atoms with Crippen LogP contribution in [0.3, 0.4) is 0 Å². The average Bonchev–Trinajstić information content (AvgIpc) is 2.95. The summed E-state index contributed by atoms with van der Waals surface area (Å²) in [4.78, 5) is 25.7. The van der Waals surface area contributed by atoms with Crippen molar-refractivity contribution in [3.05, 3.63) is 59.7 Å². The topological polar surface area (TPSA) is 55.8 Å². The van der Waals surface area contributed by atoms with Crippen LogP contribution in [0.5, 0.6) is 5.75 Å². The minimum atomic E-state index is -0.403. The Hall–Kier alpha value is -2.82. The standard InChI is InChI=1S/C19H19NO4/c1-13-11-15-5-3-4-6-17(15)20(13)18(21)12-24-16-9-7-14(8-10-16)19(22)23-2/h3-10,13H,11-12H2,1-2H3/t13-/m1/s1. The molecule has 124 valence electrons. The Morgan fingerprint density at radius 3 is 2.54 bits per heavy atom. The van der Waals surface area contributed by atoms with E-state index in [9.17, 15) is 9.59 Å². The summed E-state index contributed by atoms with van der Waals surface area (Å²) in [5.41, 5.74) is 2.58. The summed E-state index contributed by atoms with van der Waals surface area (Å²) in [5, 5.41) is 0. The SMILES string of the molecule is COC(=O)c1ccc(OCC(=O)N2c3ccccc3C[C@H]2C)cc1. The van der Waals surface area contributed by atoms with E-state index in [-0.39, 0.29) is 18.6 Å². The van der Waals surface area contributed by atoms with Gasteiger partial charge in [0.1, 0.15) is 5.75 Å². The van der Waals surface area contributed by atoms with Gasteiger partial charge < -0.3 is 14.4 Å². The number of benzene rings is 2. The summed E-state index contributed by atoms with van der Waals surface area (Å²) in [6, 6.07) is 14.6. The lowest BCUT2D eigenvalue weighted by Crippen LogP contribution is -2.39. The largest absolute Gasteiger partial charge is 0.484 e. The fraction of sp³-hybridized carbons (Fsp3) is 0.263. The molecule has 1 amide bonds. The minimum absolute atomic E-state index is 0.0454. The number of rotatable bonds is 4. The predicted molar refractivity (Wildman–Crippen MR) is 90.4 cm³/mol. The van der Waals surface area contributed by atoms with Crippen molar-refractivity contribution in [1.82, 2.24) is 0 Å². The number of amides is 1. The van der Waals surface area contributed by atoms with Crippen molar-refractivity contribution < 1.29 is 19.1 Å². The maximum Gasteiger partial charge on any atom is 0.337 e. The Bertz CT molecular complexity index is 754. The Morgan fingerprint density at radius 2 is 1.83 bits per heavy atom. The number of para-hydroxylation sites is 1. The number of fused-ring (bicyclic) bond motifs is 1. The van der Waals surface area contributed by atoms with E-state index in [4.69, 9.17) is 4.74 Å². The number of carbonyl (C=O) groups is 2. The van der Waals surface area contributed by atoms with Crippen LogP contribution in [0.2, 0.25) is 0 Å². The van der Waals surface area contributed by atoms with E-state index in [0.29, 0.717) is 11.3 Å². The molecular formula is C19H19NO4. The smallest absolute Gasteiger partial charge is 0.337 e. The molecule has 1 atom stereocenters. The highest BCUT2D eigenvalue weighted by Gasteiger charge is 2.30. The van der Waals surface area contributed by atoms with Crippen molar-refractivity contribution in [1.29, 1.82) is 0 Å². The zero-order valence-corrected chi connectivity index (χ0v) is 13.7. The first-order chi connectivity index (χ1) is 11.6. The molecular weight excluding hydrogens is 306 g/mol. The molecule has 0 fully saturated rings. The highest BCUT2D eigenvalue weighted by atomic mass is 16.5. The Balaban J connectivity index is 1.65. The molecule has 0 radical (unpaired) electrons. The van der Waals surface area contributed by atoms with Gasteiger partial charge in [0, 0.05) is 11.7 Å². The van der Waals surface area contributed by atoms with Gasteiger partial charge in [0.05, 0.1) is 12.7 Å². The van der Waals surface area contributed by atoms with Crippen molar-refractivity contribution in [2.75, 3.05) is 18.6 Å². The summed E-state index contributed by atoms with van der Waals surface area (Å²) >= 11 is 0. The van der Waals surface area contributed by atoms with Gasteiger partial charge >= 0.3 is 5.97 Å². The Labute approximate surface area is 140 Å². The molecule has 0 aliphatic carbocycles. The Morgan fingerprint density at radius 1 is 1.12 bits per heavy atom. The molecule has 0 bridgehead atoms. The van der Waals surface area contributed by atoms with Crippen molar-refractivity contribution in [3.63, 3.8) is 0 Å². The van der Waals surface area contributed by atoms with Gasteiger partial charge in [-0.1, -0.05) is 18.2 Å². The number of anilines is 1. The zero-order valence-electron chi connectivity index (χ0n) is 13.7. The summed E-state index contributed by atoms with van der Waals surface area (Å²) < 4.78 is 10.2. The van der Waals surface area contributed by atoms with Crippen molar-refractivity contribution >= 4 is 17.6 Å². The molecule has 3 rings (SSSR count).